The summed E-state index contributed by atoms with van der Waals surface area (Å²) in [5.41, 5.74) is 0. The topological polar surface area (TPSA) is 123 Å². The molecular formula is C12H16O8. The van der Waals surface area contributed by atoms with Crippen molar-refractivity contribution in [3.8, 4) is 0 Å². The normalized spacial score (nSPS) is 19.7. The molecule has 1 fully saturated rings. The van der Waals surface area contributed by atoms with Crippen LogP contribution in [-0.4, -0.2) is 60.1 Å². The summed E-state index contributed by atoms with van der Waals surface area (Å²) in [4.78, 5) is 32.6. The van der Waals surface area contributed by atoms with Gasteiger partial charge in [-0.1, -0.05) is 6.58 Å². The molecule has 8 heteroatoms. The molecule has 8 nitrogen and oxygen atoms in total. The van der Waals surface area contributed by atoms with Gasteiger partial charge in [-0.05, 0) is 0 Å². The van der Waals surface area contributed by atoms with Crippen LogP contribution in [0.4, 0.5) is 0 Å². The fourth-order valence-electron chi connectivity index (χ4n) is 1.65. The van der Waals surface area contributed by atoms with Gasteiger partial charge in [0.05, 0.1) is 31.7 Å². The highest BCUT2D eigenvalue weighted by atomic mass is 16.6. The summed E-state index contributed by atoms with van der Waals surface area (Å²) in [6, 6.07) is 0. The zero-order valence-electron chi connectivity index (χ0n) is 10.7. The summed E-state index contributed by atoms with van der Waals surface area (Å²) in [7, 11) is 0. The highest BCUT2D eigenvalue weighted by molar-refractivity contribution is 5.81. The fourth-order valence-corrected chi connectivity index (χ4v) is 1.65. The number of hydrogen-bond donors (Lipinski definition) is 2. The van der Waals surface area contributed by atoms with Gasteiger partial charge in [0.2, 0.25) is 0 Å². The summed E-state index contributed by atoms with van der Waals surface area (Å²) in [5, 5.41) is 17.8. The predicted molar refractivity (Wildman–Crippen MR) is 64.0 cm³/mol. The lowest BCUT2D eigenvalue weighted by Gasteiger charge is -2.21. The Labute approximate surface area is 114 Å². The van der Waals surface area contributed by atoms with E-state index in [9.17, 15) is 14.4 Å². The molecule has 0 radical (unpaired) electrons. The number of ether oxygens (including phenoxy) is 3. The van der Waals surface area contributed by atoms with Gasteiger partial charge in [-0.2, -0.15) is 0 Å². The van der Waals surface area contributed by atoms with Gasteiger partial charge in [-0.15, -0.1) is 0 Å². The summed E-state index contributed by atoms with van der Waals surface area (Å²) >= 11 is 0. The lowest BCUT2D eigenvalue weighted by atomic mass is 9.96. The first kappa shape index (κ1) is 16.1. The SMILES string of the molecule is C=CC(=O)OCCOC(C1CO1)C(CC(=O)O)C(=O)O. The second-order valence-electron chi connectivity index (χ2n) is 4.12. The first-order chi connectivity index (χ1) is 9.45. The number of carboxylic acid groups (broad SMARTS) is 2. The van der Waals surface area contributed by atoms with E-state index in [0.29, 0.717) is 6.61 Å². The van der Waals surface area contributed by atoms with Crippen LogP contribution in [0.15, 0.2) is 12.7 Å². The predicted octanol–water partition coefficient (Wildman–Crippen LogP) is -0.325. The molecule has 1 saturated heterocycles. The van der Waals surface area contributed by atoms with Crippen molar-refractivity contribution in [2.75, 3.05) is 19.8 Å². The number of carboxylic acids is 2. The van der Waals surface area contributed by atoms with E-state index < -0.39 is 42.5 Å². The van der Waals surface area contributed by atoms with Crippen LogP contribution in [-0.2, 0) is 28.6 Å². The number of aliphatic carboxylic acids is 2. The lowest BCUT2D eigenvalue weighted by Crippen LogP contribution is -2.37. The Hall–Kier alpha value is -1.93. The summed E-state index contributed by atoms with van der Waals surface area (Å²) in [6.45, 7) is 3.41. The third-order valence-corrected chi connectivity index (χ3v) is 2.64. The monoisotopic (exact) mass is 288 g/mol. The van der Waals surface area contributed by atoms with Crippen LogP contribution in [0.2, 0.25) is 0 Å². The maximum absolute atomic E-state index is 11.1. The number of carbonyl (C=O) groups is 3. The minimum absolute atomic E-state index is 0.0481. The third kappa shape index (κ3) is 5.37. The molecule has 0 bridgehead atoms. The van der Waals surface area contributed by atoms with Crippen LogP contribution in [0.5, 0.6) is 0 Å². The molecule has 1 heterocycles. The maximum atomic E-state index is 11.1. The Bertz CT molecular complexity index is 387. The molecule has 2 N–H and O–H groups in total. The molecule has 1 aliphatic heterocycles. The van der Waals surface area contributed by atoms with Gasteiger partial charge >= 0.3 is 17.9 Å². The van der Waals surface area contributed by atoms with E-state index >= 15 is 0 Å². The molecule has 1 aliphatic rings. The van der Waals surface area contributed by atoms with E-state index in [-0.39, 0.29) is 13.2 Å². The van der Waals surface area contributed by atoms with Gasteiger partial charge < -0.3 is 24.4 Å². The Kier molecular flexibility index (Phi) is 6.13. The Morgan fingerprint density at radius 1 is 1.35 bits per heavy atom. The second-order valence-corrected chi connectivity index (χ2v) is 4.12. The summed E-state index contributed by atoms with van der Waals surface area (Å²) < 4.78 is 15.0. The average molecular weight is 288 g/mol. The number of esters is 1. The molecule has 0 aromatic heterocycles. The highest BCUT2D eigenvalue weighted by Gasteiger charge is 2.43. The molecule has 112 valence electrons. The van der Waals surface area contributed by atoms with E-state index in [0.717, 1.165) is 6.08 Å². The van der Waals surface area contributed by atoms with Crippen LogP contribution in [0.1, 0.15) is 6.42 Å². The van der Waals surface area contributed by atoms with Gasteiger partial charge in [0.15, 0.2) is 0 Å². The molecule has 0 saturated carbocycles. The molecular weight excluding hydrogens is 272 g/mol. The molecule has 0 aliphatic carbocycles. The highest BCUT2D eigenvalue weighted by Crippen LogP contribution is 2.26. The van der Waals surface area contributed by atoms with Gasteiger partial charge in [0, 0.05) is 6.08 Å². The van der Waals surface area contributed by atoms with Crippen molar-refractivity contribution in [2.45, 2.75) is 18.6 Å². The van der Waals surface area contributed by atoms with E-state index in [1.165, 1.54) is 0 Å². The van der Waals surface area contributed by atoms with Gasteiger partial charge in [-0.3, -0.25) is 9.59 Å². The second kappa shape index (κ2) is 7.61. The number of hydrogen-bond acceptors (Lipinski definition) is 6. The zero-order valence-corrected chi connectivity index (χ0v) is 10.7. The van der Waals surface area contributed by atoms with Crippen LogP contribution in [0.25, 0.3) is 0 Å². The fraction of sp³-hybridized carbons (Fsp3) is 0.583. The third-order valence-electron chi connectivity index (χ3n) is 2.64. The molecule has 0 aromatic carbocycles. The van der Waals surface area contributed by atoms with E-state index in [1.807, 2.05) is 0 Å². The molecule has 0 aromatic rings. The van der Waals surface area contributed by atoms with E-state index in [2.05, 4.69) is 11.3 Å². The van der Waals surface area contributed by atoms with Gasteiger partial charge in [0.1, 0.15) is 12.7 Å². The van der Waals surface area contributed by atoms with Crippen molar-refractivity contribution in [1.82, 2.24) is 0 Å². The van der Waals surface area contributed by atoms with Crippen molar-refractivity contribution in [3.05, 3.63) is 12.7 Å². The molecule has 20 heavy (non-hydrogen) atoms. The molecule has 3 unspecified atom stereocenters. The van der Waals surface area contributed by atoms with Crippen LogP contribution < -0.4 is 0 Å². The number of epoxide rings is 1. The number of carbonyl (C=O) groups excluding carboxylic acids is 1. The Morgan fingerprint density at radius 3 is 2.45 bits per heavy atom. The van der Waals surface area contributed by atoms with Crippen molar-refractivity contribution < 1.29 is 38.8 Å². The first-order valence-corrected chi connectivity index (χ1v) is 5.92. The maximum Gasteiger partial charge on any atom is 0.330 e. The van der Waals surface area contributed by atoms with Crippen molar-refractivity contribution in [2.24, 2.45) is 5.92 Å². The molecule has 3 atom stereocenters. The zero-order chi connectivity index (χ0) is 15.1. The first-order valence-electron chi connectivity index (χ1n) is 5.92. The van der Waals surface area contributed by atoms with Crippen molar-refractivity contribution in [1.29, 1.82) is 0 Å². The van der Waals surface area contributed by atoms with E-state index in [1.54, 1.807) is 0 Å². The minimum atomic E-state index is -1.27. The van der Waals surface area contributed by atoms with Gasteiger partial charge in [-0.25, -0.2) is 4.79 Å². The standard InChI is InChI=1S/C12H16O8/c1-2-10(15)18-3-4-19-11(8-6-20-8)7(12(16)17)5-9(13)14/h2,7-8,11H,1,3-6H2,(H,13,14)(H,16,17). The molecule has 1 rings (SSSR count). The van der Waals surface area contributed by atoms with E-state index in [4.69, 9.17) is 19.7 Å². The van der Waals surface area contributed by atoms with Crippen molar-refractivity contribution >= 4 is 17.9 Å². The quantitative estimate of drug-likeness (QED) is 0.242. The Balaban J connectivity index is 2.49. The van der Waals surface area contributed by atoms with Gasteiger partial charge in [0.25, 0.3) is 0 Å². The smallest absolute Gasteiger partial charge is 0.330 e. The lowest BCUT2D eigenvalue weighted by molar-refractivity contribution is -0.156. The summed E-state index contributed by atoms with van der Waals surface area (Å²) in [6.07, 6.45) is -0.894. The van der Waals surface area contributed by atoms with Crippen LogP contribution in [0, 0.1) is 5.92 Å². The average Bonchev–Trinajstić information content (AvgIpc) is 3.20. The summed E-state index contributed by atoms with van der Waals surface area (Å²) in [5.74, 6) is -4.33. The molecule has 0 amide bonds. The minimum Gasteiger partial charge on any atom is -0.481 e. The number of rotatable bonds is 10. The van der Waals surface area contributed by atoms with Crippen LogP contribution >= 0.6 is 0 Å². The largest absolute Gasteiger partial charge is 0.481 e. The Morgan fingerprint density at radius 2 is 2.00 bits per heavy atom. The van der Waals surface area contributed by atoms with Crippen molar-refractivity contribution in [3.63, 3.8) is 0 Å². The molecule has 0 spiro atoms. The van der Waals surface area contributed by atoms with Crippen LogP contribution in [0.3, 0.4) is 0 Å².